The van der Waals surface area contributed by atoms with Crippen LogP contribution in [-0.4, -0.2) is 44.2 Å². The van der Waals surface area contributed by atoms with Crippen LogP contribution in [-0.2, 0) is 9.59 Å². The Morgan fingerprint density at radius 3 is 2.70 bits per heavy atom. The van der Waals surface area contributed by atoms with Crippen molar-refractivity contribution < 1.29 is 19.6 Å². The number of hydrogen-bond acceptors (Lipinski definition) is 8. The molecule has 2 aliphatic heterocycles. The van der Waals surface area contributed by atoms with Crippen LogP contribution in [0.1, 0.15) is 6.92 Å². The molecule has 2 aliphatic rings. The van der Waals surface area contributed by atoms with Crippen LogP contribution in [0.3, 0.4) is 0 Å². The van der Waals surface area contributed by atoms with Crippen molar-refractivity contribution in [3.05, 3.63) is 50.4 Å². The minimum absolute atomic E-state index is 0.0172. The number of rotatable bonds is 5. The number of carboxylic acids is 1. The fraction of sp³-hybridized carbons (Fsp3) is 0.188. The van der Waals surface area contributed by atoms with Crippen LogP contribution in [0, 0.1) is 10.1 Å². The van der Waals surface area contributed by atoms with Gasteiger partial charge in [0.25, 0.3) is 11.6 Å². The number of hydrogen-bond donors (Lipinski definition) is 1. The molecule has 1 aromatic rings. The minimum Gasteiger partial charge on any atom is -0.480 e. The summed E-state index contributed by atoms with van der Waals surface area (Å²) in [6.07, 6.45) is 3.35. The maximum atomic E-state index is 12.3. The largest absolute Gasteiger partial charge is 0.480 e. The Balaban J connectivity index is 1.86. The van der Waals surface area contributed by atoms with Crippen LogP contribution >= 0.6 is 35.7 Å². The van der Waals surface area contributed by atoms with Crippen LogP contribution in [0.2, 0.25) is 0 Å². The van der Waals surface area contributed by atoms with Gasteiger partial charge in [0, 0.05) is 23.6 Å². The number of benzene rings is 1. The van der Waals surface area contributed by atoms with Gasteiger partial charge in [0.1, 0.15) is 10.9 Å². The molecule has 3 rings (SSSR count). The van der Waals surface area contributed by atoms with Gasteiger partial charge in [-0.2, -0.15) is 0 Å². The van der Waals surface area contributed by atoms with Gasteiger partial charge >= 0.3 is 5.97 Å². The van der Waals surface area contributed by atoms with E-state index in [2.05, 4.69) is 0 Å². The fourth-order valence-corrected chi connectivity index (χ4v) is 4.89. The number of amides is 1. The van der Waals surface area contributed by atoms with E-state index in [1.807, 2.05) is 11.8 Å². The molecule has 8 nitrogen and oxygen atoms in total. The second kappa shape index (κ2) is 7.71. The summed E-state index contributed by atoms with van der Waals surface area (Å²) < 4.78 is 0.206. The molecule has 0 aromatic heterocycles. The van der Waals surface area contributed by atoms with Gasteiger partial charge in [-0.05, 0) is 25.1 Å². The molecule has 1 N–H and O–H groups in total. The van der Waals surface area contributed by atoms with Gasteiger partial charge in [0.15, 0.2) is 0 Å². The number of nitro groups is 1. The normalized spacial score (nSPS) is 19.3. The summed E-state index contributed by atoms with van der Waals surface area (Å²) in [4.78, 5) is 37.9. The number of anilines is 1. The van der Waals surface area contributed by atoms with E-state index in [1.54, 1.807) is 18.2 Å². The molecule has 0 saturated carbocycles. The molecule has 1 fully saturated rings. The van der Waals surface area contributed by atoms with Crippen molar-refractivity contribution in [2.24, 2.45) is 0 Å². The second-order valence-electron chi connectivity index (χ2n) is 5.44. The van der Waals surface area contributed by atoms with Gasteiger partial charge in [-0.3, -0.25) is 24.6 Å². The number of nitrogens with zero attached hydrogens (tertiary/aromatic N) is 3. The highest BCUT2D eigenvalue weighted by molar-refractivity contribution is 8.26. The number of aliphatic carboxylic acids is 1. The van der Waals surface area contributed by atoms with Crippen molar-refractivity contribution in [1.82, 2.24) is 4.90 Å². The maximum Gasteiger partial charge on any atom is 0.323 e. The number of non-ortho nitro benzene ring substituents is 1. The van der Waals surface area contributed by atoms with E-state index in [1.165, 1.54) is 23.9 Å². The van der Waals surface area contributed by atoms with E-state index in [4.69, 9.17) is 17.3 Å². The molecule has 0 radical (unpaired) electrons. The Kier molecular flexibility index (Phi) is 5.53. The Morgan fingerprint density at radius 2 is 2.07 bits per heavy atom. The SMILES string of the molecule is CCN1/C(=C/C=C2/SC(=S)N(CC(=O)O)C2=O)Sc2ccc([N+](=O)[O-])cc21. The summed E-state index contributed by atoms with van der Waals surface area (Å²) >= 11 is 7.56. The summed E-state index contributed by atoms with van der Waals surface area (Å²) in [6, 6.07) is 4.69. The summed E-state index contributed by atoms with van der Waals surface area (Å²) in [5.74, 6) is -1.57. The average Bonchev–Trinajstić information content (AvgIpc) is 3.10. The second-order valence-corrected chi connectivity index (χ2v) is 8.18. The molecule has 1 aromatic carbocycles. The number of carbonyl (C=O) groups excluding carboxylic acids is 1. The lowest BCUT2D eigenvalue weighted by Gasteiger charge is -2.17. The van der Waals surface area contributed by atoms with E-state index in [0.29, 0.717) is 11.4 Å². The molecular weight excluding hydrogens is 410 g/mol. The molecule has 0 unspecified atom stereocenters. The number of thioether (sulfide) groups is 2. The highest BCUT2D eigenvalue weighted by atomic mass is 32.2. The molecule has 140 valence electrons. The van der Waals surface area contributed by atoms with Crippen LogP contribution < -0.4 is 4.90 Å². The standard InChI is InChI=1S/C16H13N3O5S3/c1-2-17-10-7-9(19(23)24)3-4-11(10)26-13(17)6-5-12-15(22)18(8-14(20)21)16(25)27-12/h3-7H,2,8H2,1H3,(H,20,21)/b12-5+,13-6-. The third-order valence-corrected chi connectivity index (χ3v) is 6.31. The number of thiocarbonyl (C=S) groups is 1. The molecule has 0 spiro atoms. The van der Waals surface area contributed by atoms with Gasteiger partial charge in [-0.1, -0.05) is 35.7 Å². The zero-order valence-electron chi connectivity index (χ0n) is 13.9. The molecule has 27 heavy (non-hydrogen) atoms. The smallest absolute Gasteiger partial charge is 0.323 e. The zero-order chi connectivity index (χ0) is 19.7. The highest BCUT2D eigenvalue weighted by Crippen LogP contribution is 2.47. The van der Waals surface area contributed by atoms with Gasteiger partial charge in [0.2, 0.25) is 0 Å². The Morgan fingerprint density at radius 1 is 1.33 bits per heavy atom. The Labute approximate surface area is 168 Å². The van der Waals surface area contributed by atoms with Gasteiger partial charge in [-0.15, -0.1) is 0 Å². The van der Waals surface area contributed by atoms with Crippen molar-refractivity contribution in [2.75, 3.05) is 18.0 Å². The molecular formula is C16H13N3O5S3. The first-order chi connectivity index (χ1) is 12.8. The topological polar surface area (TPSA) is 104 Å². The van der Waals surface area contributed by atoms with Gasteiger partial charge < -0.3 is 10.0 Å². The fourth-order valence-electron chi connectivity index (χ4n) is 2.59. The quantitative estimate of drug-likeness (QED) is 0.331. The Hall–Kier alpha value is -2.37. The molecule has 0 bridgehead atoms. The van der Waals surface area contributed by atoms with Crippen molar-refractivity contribution in [3.63, 3.8) is 0 Å². The number of allylic oxidation sites excluding steroid dienone is 2. The molecule has 0 atom stereocenters. The number of nitro benzene ring substituents is 1. The number of carboxylic acid groups (broad SMARTS) is 1. The van der Waals surface area contributed by atoms with E-state index in [9.17, 15) is 19.7 Å². The van der Waals surface area contributed by atoms with Crippen molar-refractivity contribution in [3.8, 4) is 0 Å². The lowest BCUT2D eigenvalue weighted by Crippen LogP contribution is -2.33. The maximum absolute atomic E-state index is 12.3. The van der Waals surface area contributed by atoms with E-state index < -0.39 is 23.3 Å². The average molecular weight is 423 g/mol. The molecule has 1 amide bonds. The van der Waals surface area contributed by atoms with E-state index in [0.717, 1.165) is 32.3 Å². The third kappa shape index (κ3) is 3.84. The van der Waals surface area contributed by atoms with Gasteiger partial charge in [0.05, 0.1) is 20.5 Å². The minimum atomic E-state index is -1.13. The first-order valence-electron chi connectivity index (χ1n) is 7.73. The van der Waals surface area contributed by atoms with E-state index in [-0.39, 0.29) is 10.0 Å². The van der Waals surface area contributed by atoms with Crippen molar-refractivity contribution >= 4 is 63.3 Å². The van der Waals surface area contributed by atoms with Crippen molar-refractivity contribution in [1.29, 1.82) is 0 Å². The molecule has 11 heteroatoms. The highest BCUT2D eigenvalue weighted by Gasteiger charge is 2.33. The monoisotopic (exact) mass is 423 g/mol. The molecule has 2 heterocycles. The number of carbonyl (C=O) groups is 2. The van der Waals surface area contributed by atoms with Crippen LogP contribution in [0.25, 0.3) is 0 Å². The van der Waals surface area contributed by atoms with Crippen LogP contribution in [0.4, 0.5) is 11.4 Å². The van der Waals surface area contributed by atoms with Gasteiger partial charge in [-0.25, -0.2) is 0 Å². The predicted molar refractivity (Wildman–Crippen MR) is 108 cm³/mol. The molecule has 1 saturated heterocycles. The first kappa shape index (κ1) is 19.4. The molecule has 0 aliphatic carbocycles. The lowest BCUT2D eigenvalue weighted by atomic mass is 10.2. The summed E-state index contributed by atoms with van der Waals surface area (Å²) in [6.45, 7) is 2.05. The predicted octanol–water partition coefficient (Wildman–Crippen LogP) is 3.20. The van der Waals surface area contributed by atoms with Crippen LogP contribution in [0.5, 0.6) is 0 Å². The van der Waals surface area contributed by atoms with Crippen LogP contribution in [0.15, 0.2) is 45.2 Å². The number of fused-ring (bicyclic) bond motifs is 1. The third-order valence-electron chi connectivity index (χ3n) is 3.79. The summed E-state index contributed by atoms with van der Waals surface area (Å²) in [5.41, 5.74) is 0.762. The van der Waals surface area contributed by atoms with E-state index >= 15 is 0 Å². The Bertz CT molecular complexity index is 928. The first-order valence-corrected chi connectivity index (χ1v) is 9.77. The summed E-state index contributed by atoms with van der Waals surface area (Å²) in [7, 11) is 0. The van der Waals surface area contributed by atoms with Crippen molar-refractivity contribution in [2.45, 2.75) is 11.8 Å². The zero-order valence-corrected chi connectivity index (χ0v) is 16.4. The lowest BCUT2D eigenvalue weighted by molar-refractivity contribution is -0.384. The summed E-state index contributed by atoms with van der Waals surface area (Å²) in [5, 5.41) is 20.7.